The molecule has 152 valence electrons. The fraction of sp³-hybridized carbons (Fsp3) is 0. The zero-order valence-electron chi connectivity index (χ0n) is 15.3. The van der Waals surface area contributed by atoms with Crippen LogP contribution in [-0.4, -0.2) is 19.2 Å². The second-order valence-electron chi connectivity index (χ2n) is 6.50. The average Bonchev–Trinajstić information content (AvgIpc) is 3.08. The Morgan fingerprint density at radius 2 is 1.63 bits per heavy atom. The summed E-state index contributed by atoms with van der Waals surface area (Å²) < 4.78 is 24.5. The molecule has 0 bridgehead atoms. The first-order valence-corrected chi connectivity index (χ1v) is 11.0. The maximum atomic E-state index is 12.9. The first-order valence-electron chi connectivity index (χ1n) is 8.65. The Bertz CT molecular complexity index is 1360. The van der Waals surface area contributed by atoms with Gasteiger partial charge in [0, 0.05) is 11.8 Å². The summed E-state index contributed by atoms with van der Waals surface area (Å²) in [7, 11) is -3.75. The molecule has 4 N–H and O–H groups in total. The first kappa shape index (κ1) is 20.4. The number of nitrogens with one attached hydrogen (secondary N) is 2. The van der Waals surface area contributed by atoms with Crippen LogP contribution < -0.4 is 14.9 Å². The highest BCUT2D eigenvalue weighted by Crippen LogP contribution is 2.27. The summed E-state index contributed by atoms with van der Waals surface area (Å²) in [6.45, 7) is 0. The predicted octanol–water partition coefficient (Wildman–Crippen LogP) is 3.68. The van der Waals surface area contributed by atoms with Crippen LogP contribution >= 0.6 is 23.2 Å². The van der Waals surface area contributed by atoms with Crippen molar-refractivity contribution in [3.8, 4) is 0 Å². The SMILES string of the molecule is NS(=O)(=O)c1ccc(Nc2c[n+]3cc(C(=O)c4c(Cl)cccc4Cl)ccc3[nH]2)cc1. The van der Waals surface area contributed by atoms with Crippen molar-refractivity contribution in [1.29, 1.82) is 0 Å². The summed E-state index contributed by atoms with van der Waals surface area (Å²) in [4.78, 5) is 16.1. The number of carbonyl (C=O) groups is 1. The molecule has 0 atom stereocenters. The number of sulfonamides is 1. The number of fused-ring (bicyclic) bond motifs is 1. The molecule has 0 fully saturated rings. The number of ketones is 1. The third kappa shape index (κ3) is 4.03. The van der Waals surface area contributed by atoms with E-state index in [0.717, 1.165) is 5.65 Å². The molecule has 10 heteroatoms. The van der Waals surface area contributed by atoms with E-state index in [1.807, 2.05) is 0 Å². The van der Waals surface area contributed by atoms with Crippen molar-refractivity contribution in [3.05, 3.63) is 88.2 Å². The fourth-order valence-electron chi connectivity index (χ4n) is 2.98. The van der Waals surface area contributed by atoms with Gasteiger partial charge < -0.3 is 5.32 Å². The van der Waals surface area contributed by atoms with E-state index in [2.05, 4.69) is 10.3 Å². The van der Waals surface area contributed by atoms with E-state index >= 15 is 0 Å². The van der Waals surface area contributed by atoms with E-state index in [1.54, 1.807) is 59.3 Å². The Morgan fingerprint density at radius 3 is 2.27 bits per heavy atom. The number of benzene rings is 2. The van der Waals surface area contributed by atoms with Crippen LogP contribution in [0.25, 0.3) is 5.65 Å². The van der Waals surface area contributed by atoms with E-state index < -0.39 is 10.0 Å². The van der Waals surface area contributed by atoms with Crippen molar-refractivity contribution in [2.24, 2.45) is 5.14 Å². The normalized spacial score (nSPS) is 11.6. The van der Waals surface area contributed by atoms with Gasteiger partial charge in [-0.1, -0.05) is 29.3 Å². The molecule has 30 heavy (non-hydrogen) atoms. The molecule has 0 aliphatic carbocycles. The van der Waals surface area contributed by atoms with E-state index in [4.69, 9.17) is 28.3 Å². The molecule has 0 unspecified atom stereocenters. The number of hydrogen-bond donors (Lipinski definition) is 3. The van der Waals surface area contributed by atoms with Gasteiger partial charge in [-0.2, -0.15) is 4.40 Å². The van der Waals surface area contributed by atoms with Crippen molar-refractivity contribution in [2.45, 2.75) is 4.90 Å². The minimum Gasteiger partial charge on any atom is -0.320 e. The lowest BCUT2D eigenvalue weighted by molar-refractivity contribution is -0.509. The monoisotopic (exact) mass is 461 g/mol. The van der Waals surface area contributed by atoms with E-state index in [0.29, 0.717) is 17.1 Å². The van der Waals surface area contributed by atoms with Gasteiger partial charge in [-0.05, 0) is 42.5 Å². The van der Waals surface area contributed by atoms with E-state index in [-0.39, 0.29) is 26.3 Å². The second-order valence-corrected chi connectivity index (χ2v) is 8.87. The molecule has 2 aromatic carbocycles. The molecular weight excluding hydrogens is 447 g/mol. The van der Waals surface area contributed by atoms with Crippen molar-refractivity contribution in [1.82, 2.24) is 4.98 Å². The lowest BCUT2D eigenvalue weighted by Gasteiger charge is -2.05. The van der Waals surface area contributed by atoms with Gasteiger partial charge in [0.25, 0.3) is 5.65 Å². The Morgan fingerprint density at radius 1 is 0.967 bits per heavy atom. The number of pyridine rings is 1. The van der Waals surface area contributed by atoms with E-state index in [1.165, 1.54) is 12.1 Å². The number of nitrogens with two attached hydrogens (primary N) is 1. The molecule has 7 nitrogen and oxygen atoms in total. The molecule has 4 rings (SSSR count). The van der Waals surface area contributed by atoms with Crippen molar-refractivity contribution in [3.63, 3.8) is 0 Å². The predicted molar refractivity (Wildman–Crippen MR) is 115 cm³/mol. The number of primary sulfonamides is 1. The Hall–Kier alpha value is -2.91. The minimum absolute atomic E-state index is 0.0282. The molecule has 0 radical (unpaired) electrons. The van der Waals surface area contributed by atoms with Crippen LogP contribution in [0.15, 0.2) is 71.9 Å². The van der Waals surface area contributed by atoms with E-state index in [9.17, 15) is 13.2 Å². The van der Waals surface area contributed by atoms with Crippen molar-refractivity contribution < 1.29 is 17.6 Å². The number of halogens is 2. The standard InChI is InChI=1S/C20H14Cl2N4O3S/c21-15-2-1-3-16(22)19(15)20(27)12-4-9-18-25-17(11-26(18)10-12)24-13-5-7-14(8-6-13)30(23,28)29/h1-11,24H,(H2,23,28,29)/p+1. The van der Waals surface area contributed by atoms with Crippen LogP contribution in [0.1, 0.15) is 15.9 Å². The number of aromatic nitrogens is 2. The van der Waals surface area contributed by atoms with Gasteiger partial charge in [0.15, 0.2) is 12.0 Å². The third-order valence-corrected chi connectivity index (χ3v) is 5.98. The van der Waals surface area contributed by atoms with Crippen LogP contribution in [-0.2, 0) is 10.0 Å². The lowest BCUT2D eigenvalue weighted by Crippen LogP contribution is -2.20. The molecular formula is C20H15Cl2N4O3S+. The van der Waals surface area contributed by atoms with Gasteiger partial charge in [0.05, 0.1) is 26.1 Å². The maximum Gasteiger partial charge on any atom is 0.285 e. The Balaban J connectivity index is 1.62. The number of H-pyrrole nitrogens is 1. The van der Waals surface area contributed by atoms with Crippen LogP contribution in [0.2, 0.25) is 10.0 Å². The Kier molecular flexibility index (Phi) is 5.25. The number of aromatic amines is 1. The smallest absolute Gasteiger partial charge is 0.285 e. The maximum absolute atomic E-state index is 12.9. The summed E-state index contributed by atoms with van der Waals surface area (Å²) in [5.74, 6) is 0.355. The molecule has 2 heterocycles. The number of nitrogens with zero attached hydrogens (tertiary/aromatic N) is 1. The molecule has 0 saturated carbocycles. The van der Waals surface area contributed by atoms with Crippen LogP contribution in [0.3, 0.4) is 0 Å². The molecule has 2 aromatic heterocycles. The molecule has 4 aromatic rings. The van der Waals surface area contributed by atoms with Crippen LogP contribution in [0.4, 0.5) is 11.5 Å². The zero-order valence-corrected chi connectivity index (χ0v) is 17.6. The molecule has 0 aliphatic heterocycles. The number of rotatable bonds is 5. The van der Waals surface area contributed by atoms with Gasteiger partial charge in [0.2, 0.25) is 15.8 Å². The number of anilines is 2. The first-order chi connectivity index (χ1) is 14.2. The summed E-state index contributed by atoms with van der Waals surface area (Å²) in [6.07, 6.45) is 3.43. The number of carbonyl (C=O) groups excluding carboxylic acids is 1. The molecule has 0 amide bonds. The average molecular weight is 462 g/mol. The van der Waals surface area contributed by atoms with Gasteiger partial charge in [-0.15, -0.1) is 0 Å². The lowest BCUT2D eigenvalue weighted by atomic mass is 10.0. The number of imidazole rings is 1. The summed E-state index contributed by atoms with van der Waals surface area (Å²) >= 11 is 12.3. The Labute approximate surface area is 182 Å². The zero-order chi connectivity index (χ0) is 21.5. The highest BCUT2D eigenvalue weighted by atomic mass is 35.5. The largest absolute Gasteiger partial charge is 0.320 e. The molecule has 0 spiro atoms. The van der Waals surface area contributed by atoms with Crippen molar-refractivity contribution in [2.75, 3.05) is 5.32 Å². The fourth-order valence-corrected chi connectivity index (χ4v) is 4.06. The summed E-state index contributed by atoms with van der Waals surface area (Å²) in [5.41, 5.74) is 2.07. The topological polar surface area (TPSA) is 109 Å². The van der Waals surface area contributed by atoms with Gasteiger partial charge in [-0.3, -0.25) is 4.79 Å². The summed E-state index contributed by atoms with van der Waals surface area (Å²) in [5, 5.41) is 8.82. The quantitative estimate of drug-likeness (QED) is 0.311. The summed E-state index contributed by atoms with van der Waals surface area (Å²) in [6, 6.07) is 14.4. The van der Waals surface area contributed by atoms with Crippen LogP contribution in [0.5, 0.6) is 0 Å². The van der Waals surface area contributed by atoms with Gasteiger partial charge in [-0.25, -0.2) is 18.5 Å². The molecule has 0 aliphatic rings. The third-order valence-electron chi connectivity index (χ3n) is 4.42. The van der Waals surface area contributed by atoms with Gasteiger partial charge in [0.1, 0.15) is 6.20 Å². The molecule has 0 saturated heterocycles. The highest BCUT2D eigenvalue weighted by molar-refractivity contribution is 7.89. The minimum atomic E-state index is -3.75. The van der Waals surface area contributed by atoms with Crippen LogP contribution in [0, 0.1) is 0 Å². The second kappa shape index (κ2) is 7.73. The van der Waals surface area contributed by atoms with Gasteiger partial charge >= 0.3 is 0 Å². The highest BCUT2D eigenvalue weighted by Gasteiger charge is 2.19. The van der Waals surface area contributed by atoms with Crippen molar-refractivity contribution >= 4 is 56.2 Å². The number of hydrogen-bond acceptors (Lipinski definition) is 4.